The van der Waals surface area contributed by atoms with E-state index in [0.29, 0.717) is 19.6 Å². The second kappa shape index (κ2) is 8.62. The third-order valence-electron chi connectivity index (χ3n) is 4.69. The van der Waals surface area contributed by atoms with Crippen molar-refractivity contribution in [3.8, 4) is 0 Å². The van der Waals surface area contributed by atoms with Crippen molar-refractivity contribution in [1.29, 1.82) is 0 Å². The van der Waals surface area contributed by atoms with Gasteiger partial charge in [0, 0.05) is 51.8 Å². The molecule has 1 saturated heterocycles. The summed E-state index contributed by atoms with van der Waals surface area (Å²) >= 11 is 0. The molecule has 1 fully saturated rings. The van der Waals surface area contributed by atoms with Gasteiger partial charge >= 0.3 is 0 Å². The third-order valence-corrected chi connectivity index (χ3v) is 4.69. The van der Waals surface area contributed by atoms with Crippen molar-refractivity contribution < 1.29 is 9.59 Å². The molecule has 138 valence electrons. The lowest BCUT2D eigenvalue weighted by Gasteiger charge is -2.17. The molecule has 2 atom stereocenters. The summed E-state index contributed by atoms with van der Waals surface area (Å²) in [5.41, 5.74) is 2.12. The second-order valence-electron chi connectivity index (χ2n) is 6.62. The summed E-state index contributed by atoms with van der Waals surface area (Å²) in [6, 6.07) is 9.75. The minimum Gasteiger partial charge on any atom is -0.355 e. The molecule has 3 N–H and O–H groups in total. The number of nitrogens with zero attached hydrogens (tertiary/aromatic N) is 2. The van der Waals surface area contributed by atoms with E-state index in [2.05, 4.69) is 21.0 Å². The molecule has 0 bridgehead atoms. The van der Waals surface area contributed by atoms with Crippen LogP contribution >= 0.6 is 0 Å². The fourth-order valence-electron chi connectivity index (χ4n) is 3.25. The molecule has 2 amide bonds. The first-order chi connectivity index (χ1) is 12.6. The van der Waals surface area contributed by atoms with E-state index < -0.39 is 0 Å². The smallest absolute Gasteiger partial charge is 0.225 e. The Morgan fingerprint density at radius 2 is 2.04 bits per heavy atom. The number of aryl methyl sites for hydroxylation is 1. The Hall–Kier alpha value is -2.67. The van der Waals surface area contributed by atoms with Gasteiger partial charge in [-0.3, -0.25) is 14.3 Å². The van der Waals surface area contributed by atoms with E-state index in [-0.39, 0.29) is 30.1 Å². The van der Waals surface area contributed by atoms with Gasteiger partial charge in [-0.25, -0.2) is 0 Å². The Kier molecular flexibility index (Phi) is 6.01. The van der Waals surface area contributed by atoms with Crippen LogP contribution in [0.2, 0.25) is 0 Å². The number of hydrogen-bond acceptors (Lipinski definition) is 4. The van der Waals surface area contributed by atoms with Gasteiger partial charge in [0.05, 0.1) is 12.1 Å². The van der Waals surface area contributed by atoms with Crippen molar-refractivity contribution in [1.82, 2.24) is 25.7 Å². The highest BCUT2D eigenvalue weighted by Crippen LogP contribution is 2.27. The lowest BCUT2D eigenvalue weighted by Crippen LogP contribution is -2.36. The molecule has 0 unspecified atom stereocenters. The van der Waals surface area contributed by atoms with Gasteiger partial charge < -0.3 is 16.0 Å². The minimum atomic E-state index is -0.133. The van der Waals surface area contributed by atoms with Crippen molar-refractivity contribution >= 4 is 11.8 Å². The molecule has 0 radical (unpaired) electrons. The fraction of sp³-hybridized carbons (Fsp3) is 0.421. The summed E-state index contributed by atoms with van der Waals surface area (Å²) in [5, 5.41) is 13.2. The zero-order valence-corrected chi connectivity index (χ0v) is 14.9. The number of nitrogens with one attached hydrogen (secondary N) is 3. The van der Waals surface area contributed by atoms with Gasteiger partial charge in [-0.1, -0.05) is 30.3 Å². The number of carbonyl (C=O) groups is 2. The molecule has 0 aliphatic carbocycles. The van der Waals surface area contributed by atoms with Gasteiger partial charge in [0.25, 0.3) is 0 Å². The van der Waals surface area contributed by atoms with Crippen LogP contribution in [0.25, 0.3) is 0 Å². The molecule has 1 aliphatic rings. The first kappa shape index (κ1) is 18.1. The molecule has 1 aliphatic heterocycles. The number of benzene rings is 1. The van der Waals surface area contributed by atoms with Crippen LogP contribution in [0.5, 0.6) is 0 Å². The highest BCUT2D eigenvalue weighted by Gasteiger charge is 2.34. The maximum atomic E-state index is 12.5. The van der Waals surface area contributed by atoms with Crippen LogP contribution < -0.4 is 16.0 Å². The van der Waals surface area contributed by atoms with Gasteiger partial charge in [0.2, 0.25) is 11.8 Å². The quantitative estimate of drug-likeness (QED) is 0.677. The van der Waals surface area contributed by atoms with Gasteiger partial charge in [0.15, 0.2) is 0 Å². The van der Waals surface area contributed by atoms with Crippen molar-refractivity contribution in [2.24, 2.45) is 13.0 Å². The maximum absolute atomic E-state index is 12.5. The van der Waals surface area contributed by atoms with E-state index >= 15 is 0 Å². The van der Waals surface area contributed by atoms with Crippen LogP contribution in [-0.4, -0.2) is 41.2 Å². The topological polar surface area (TPSA) is 88.0 Å². The SMILES string of the molecule is Cn1cc([C@H]2CNC[C@@H]2C(=O)NCCC(=O)NCc2ccccc2)cn1. The van der Waals surface area contributed by atoms with Crippen LogP contribution in [0.15, 0.2) is 42.7 Å². The standard InChI is InChI=1S/C19H25N5O2/c1-24-13-15(10-23-24)16-11-20-12-17(16)19(26)21-8-7-18(25)22-9-14-5-3-2-4-6-14/h2-6,10,13,16-17,20H,7-9,11-12H2,1H3,(H,21,26)(H,22,25)/t16-,17+/m1/s1. The number of rotatable bonds is 7. The summed E-state index contributed by atoms with van der Waals surface area (Å²) in [6.07, 6.45) is 4.04. The average Bonchev–Trinajstić information content (AvgIpc) is 3.29. The molecule has 1 aromatic heterocycles. The zero-order valence-electron chi connectivity index (χ0n) is 14.9. The van der Waals surface area contributed by atoms with Crippen LogP contribution in [0, 0.1) is 5.92 Å². The summed E-state index contributed by atoms with van der Waals surface area (Å²) in [4.78, 5) is 24.4. The predicted octanol–water partition coefficient (Wildman–Crippen LogP) is 0.546. The second-order valence-corrected chi connectivity index (χ2v) is 6.62. The summed E-state index contributed by atoms with van der Waals surface area (Å²) < 4.78 is 1.75. The van der Waals surface area contributed by atoms with Gasteiger partial charge in [-0.2, -0.15) is 5.10 Å². The zero-order chi connectivity index (χ0) is 18.4. The highest BCUT2D eigenvalue weighted by molar-refractivity contribution is 5.81. The first-order valence-electron chi connectivity index (χ1n) is 8.91. The number of hydrogen-bond donors (Lipinski definition) is 3. The van der Waals surface area contributed by atoms with Crippen molar-refractivity contribution in [2.75, 3.05) is 19.6 Å². The average molecular weight is 355 g/mol. The van der Waals surface area contributed by atoms with Crippen molar-refractivity contribution in [3.63, 3.8) is 0 Å². The Morgan fingerprint density at radius 3 is 2.77 bits per heavy atom. The minimum absolute atomic E-state index is 0.0142. The molecule has 2 heterocycles. The molecule has 0 saturated carbocycles. The van der Waals surface area contributed by atoms with Crippen molar-refractivity contribution in [2.45, 2.75) is 18.9 Å². The molecule has 7 nitrogen and oxygen atoms in total. The van der Waals surface area contributed by atoms with E-state index in [1.54, 1.807) is 4.68 Å². The lowest BCUT2D eigenvalue weighted by molar-refractivity contribution is -0.125. The Labute approximate surface area is 153 Å². The molecule has 1 aromatic carbocycles. The molecule has 0 spiro atoms. The van der Waals surface area contributed by atoms with E-state index in [0.717, 1.165) is 17.7 Å². The Bertz CT molecular complexity index is 743. The normalized spacial score (nSPS) is 19.3. The monoisotopic (exact) mass is 355 g/mol. The first-order valence-corrected chi connectivity index (χ1v) is 8.91. The van der Waals surface area contributed by atoms with Gasteiger partial charge in [-0.05, 0) is 11.1 Å². The molecule has 7 heteroatoms. The lowest BCUT2D eigenvalue weighted by atomic mass is 9.90. The van der Waals surface area contributed by atoms with E-state index in [4.69, 9.17) is 0 Å². The largest absolute Gasteiger partial charge is 0.355 e. The van der Waals surface area contributed by atoms with Gasteiger partial charge in [0.1, 0.15) is 0 Å². The van der Waals surface area contributed by atoms with E-state index in [1.165, 1.54) is 0 Å². The summed E-state index contributed by atoms with van der Waals surface area (Å²) in [5.74, 6) is -0.0931. The number of aromatic nitrogens is 2. The predicted molar refractivity (Wildman–Crippen MR) is 98.2 cm³/mol. The summed E-state index contributed by atoms with van der Waals surface area (Å²) in [6.45, 7) is 2.26. The Balaban J connectivity index is 1.41. The van der Waals surface area contributed by atoms with Crippen LogP contribution in [0.4, 0.5) is 0 Å². The third kappa shape index (κ3) is 4.70. The van der Waals surface area contributed by atoms with E-state index in [9.17, 15) is 9.59 Å². The molecular weight excluding hydrogens is 330 g/mol. The highest BCUT2D eigenvalue weighted by atomic mass is 16.2. The fourth-order valence-corrected chi connectivity index (χ4v) is 3.25. The molecule has 26 heavy (non-hydrogen) atoms. The maximum Gasteiger partial charge on any atom is 0.225 e. The van der Waals surface area contributed by atoms with Crippen LogP contribution in [0.1, 0.15) is 23.5 Å². The molecule has 3 rings (SSSR count). The summed E-state index contributed by atoms with van der Waals surface area (Å²) in [7, 11) is 1.87. The number of amides is 2. The molecular formula is C19H25N5O2. The van der Waals surface area contributed by atoms with Crippen LogP contribution in [0.3, 0.4) is 0 Å². The van der Waals surface area contributed by atoms with Crippen molar-refractivity contribution in [3.05, 3.63) is 53.9 Å². The number of carbonyl (C=O) groups excluding carboxylic acids is 2. The van der Waals surface area contributed by atoms with E-state index in [1.807, 2.05) is 49.8 Å². The Morgan fingerprint density at radius 1 is 1.23 bits per heavy atom. The van der Waals surface area contributed by atoms with Crippen LogP contribution in [-0.2, 0) is 23.2 Å². The van der Waals surface area contributed by atoms with Gasteiger partial charge in [-0.15, -0.1) is 0 Å². The molecule has 2 aromatic rings.